The molecule has 20 heavy (non-hydrogen) atoms. The van der Waals surface area contributed by atoms with E-state index in [1.165, 1.54) is 0 Å². The van der Waals surface area contributed by atoms with E-state index in [4.69, 9.17) is 14.2 Å². The number of hydrogen-bond donors (Lipinski definition) is 0. The predicted molar refractivity (Wildman–Crippen MR) is 82.8 cm³/mol. The van der Waals surface area contributed by atoms with Gasteiger partial charge in [-0.2, -0.15) is 0 Å². The van der Waals surface area contributed by atoms with E-state index in [0.717, 1.165) is 32.8 Å². The Labute approximate surface area is 127 Å². The third-order valence-electron chi connectivity index (χ3n) is 2.96. The lowest BCUT2D eigenvalue weighted by Gasteiger charge is -2.13. The van der Waals surface area contributed by atoms with Gasteiger partial charge in [-0.15, -0.1) is 0 Å². The maximum atomic E-state index is 5.84. The molecule has 0 saturated carbocycles. The summed E-state index contributed by atoms with van der Waals surface area (Å²) in [4.78, 5) is 0. The van der Waals surface area contributed by atoms with Gasteiger partial charge in [0.1, 0.15) is 12.4 Å². The van der Waals surface area contributed by atoms with E-state index in [9.17, 15) is 0 Å². The van der Waals surface area contributed by atoms with Gasteiger partial charge in [-0.3, -0.25) is 0 Å². The zero-order chi connectivity index (χ0) is 14.5. The summed E-state index contributed by atoms with van der Waals surface area (Å²) < 4.78 is 17.4. The molecule has 0 unspecified atom stereocenters. The summed E-state index contributed by atoms with van der Waals surface area (Å²) in [5.74, 6) is 2.28. The highest BCUT2D eigenvalue weighted by Gasteiger charge is 2.07. The minimum Gasteiger partial charge on any atom is -0.497 e. The molecule has 2 aromatic carbocycles. The highest BCUT2D eigenvalue weighted by Crippen LogP contribution is 2.30. The number of benzene rings is 2. The smallest absolute Gasteiger partial charge is 0.161 e. The monoisotopic (exact) mass is 336 g/mol. The maximum absolute atomic E-state index is 5.84. The molecule has 106 valence electrons. The summed E-state index contributed by atoms with van der Waals surface area (Å²) in [6, 6.07) is 11.7. The molecule has 0 heterocycles. The van der Waals surface area contributed by atoms with Crippen molar-refractivity contribution in [3.63, 3.8) is 0 Å². The molecule has 0 radical (unpaired) electrons. The minimum atomic E-state index is 0.442. The van der Waals surface area contributed by atoms with Gasteiger partial charge in [0.25, 0.3) is 0 Å². The van der Waals surface area contributed by atoms with Crippen LogP contribution in [0.2, 0.25) is 0 Å². The van der Waals surface area contributed by atoms with Gasteiger partial charge in [0.05, 0.1) is 14.2 Å². The topological polar surface area (TPSA) is 27.7 Å². The fourth-order valence-corrected chi connectivity index (χ4v) is 2.20. The largest absolute Gasteiger partial charge is 0.497 e. The van der Waals surface area contributed by atoms with Crippen LogP contribution in [0.15, 0.2) is 40.9 Å². The maximum Gasteiger partial charge on any atom is 0.161 e. The van der Waals surface area contributed by atoms with E-state index >= 15 is 0 Å². The molecule has 0 bridgehead atoms. The average Bonchev–Trinajstić information content (AvgIpc) is 2.47. The van der Waals surface area contributed by atoms with Gasteiger partial charge in [-0.05, 0) is 42.8 Å². The van der Waals surface area contributed by atoms with Crippen molar-refractivity contribution in [3.8, 4) is 17.2 Å². The first-order valence-corrected chi connectivity index (χ1v) is 7.03. The van der Waals surface area contributed by atoms with Gasteiger partial charge in [-0.1, -0.05) is 22.0 Å². The van der Waals surface area contributed by atoms with Crippen LogP contribution < -0.4 is 14.2 Å². The third-order valence-corrected chi connectivity index (χ3v) is 3.73. The van der Waals surface area contributed by atoms with E-state index in [-0.39, 0.29) is 0 Å². The first kappa shape index (κ1) is 14.7. The van der Waals surface area contributed by atoms with Crippen LogP contribution in [0.1, 0.15) is 11.1 Å². The van der Waals surface area contributed by atoms with Crippen molar-refractivity contribution < 1.29 is 14.2 Å². The standard InChI is InChI=1S/C16H17BrO3/c1-11-4-7-15(16(8-11)19-3)20-10-12-9-13(18-2)5-6-14(12)17/h4-9H,10H2,1-3H3. The van der Waals surface area contributed by atoms with Gasteiger partial charge < -0.3 is 14.2 Å². The number of rotatable bonds is 5. The van der Waals surface area contributed by atoms with Crippen LogP contribution in [-0.4, -0.2) is 14.2 Å². The molecular formula is C16H17BrO3. The summed E-state index contributed by atoms with van der Waals surface area (Å²) in [5.41, 5.74) is 2.16. The second-order valence-corrected chi connectivity index (χ2v) is 5.25. The Bertz CT molecular complexity index is 596. The quantitative estimate of drug-likeness (QED) is 0.812. The second kappa shape index (κ2) is 6.66. The lowest BCUT2D eigenvalue weighted by Crippen LogP contribution is -1.99. The van der Waals surface area contributed by atoms with E-state index in [0.29, 0.717) is 6.61 Å². The van der Waals surface area contributed by atoms with Gasteiger partial charge in [0.15, 0.2) is 11.5 Å². The molecule has 3 nitrogen and oxygen atoms in total. The normalized spacial score (nSPS) is 10.2. The van der Waals surface area contributed by atoms with Crippen molar-refractivity contribution >= 4 is 15.9 Å². The molecule has 2 aromatic rings. The highest BCUT2D eigenvalue weighted by atomic mass is 79.9. The fraction of sp³-hybridized carbons (Fsp3) is 0.250. The molecule has 0 fully saturated rings. The van der Waals surface area contributed by atoms with E-state index in [2.05, 4.69) is 15.9 Å². The first-order chi connectivity index (χ1) is 9.63. The van der Waals surface area contributed by atoms with E-state index < -0.39 is 0 Å². The lowest BCUT2D eigenvalue weighted by molar-refractivity contribution is 0.283. The Hall–Kier alpha value is -1.68. The van der Waals surface area contributed by atoms with Crippen molar-refractivity contribution in [1.29, 1.82) is 0 Å². The van der Waals surface area contributed by atoms with Crippen molar-refractivity contribution in [2.45, 2.75) is 13.5 Å². The number of methoxy groups -OCH3 is 2. The minimum absolute atomic E-state index is 0.442. The SMILES string of the molecule is COc1ccc(Br)c(COc2ccc(C)cc2OC)c1. The Balaban J connectivity index is 2.16. The molecule has 0 N–H and O–H groups in total. The molecule has 0 saturated heterocycles. The first-order valence-electron chi connectivity index (χ1n) is 6.24. The number of halogens is 1. The average molecular weight is 337 g/mol. The molecular weight excluding hydrogens is 320 g/mol. The molecule has 0 spiro atoms. The third kappa shape index (κ3) is 3.45. The van der Waals surface area contributed by atoms with Crippen LogP contribution in [0.3, 0.4) is 0 Å². The fourth-order valence-electron chi connectivity index (χ4n) is 1.84. The summed E-state index contributed by atoms with van der Waals surface area (Å²) in [6.07, 6.45) is 0. The van der Waals surface area contributed by atoms with Gasteiger partial charge in [-0.25, -0.2) is 0 Å². The molecule has 0 aliphatic heterocycles. The highest BCUT2D eigenvalue weighted by molar-refractivity contribution is 9.10. The summed E-state index contributed by atoms with van der Waals surface area (Å²) >= 11 is 3.51. The number of ether oxygens (including phenoxy) is 3. The molecule has 0 aliphatic carbocycles. The summed E-state index contributed by atoms with van der Waals surface area (Å²) in [7, 11) is 3.29. The van der Waals surface area contributed by atoms with Crippen LogP contribution in [0.25, 0.3) is 0 Å². The second-order valence-electron chi connectivity index (χ2n) is 4.40. The Morgan fingerprint density at radius 2 is 1.75 bits per heavy atom. The predicted octanol–water partition coefficient (Wildman–Crippen LogP) is 4.35. The molecule has 2 rings (SSSR count). The van der Waals surface area contributed by atoms with Crippen LogP contribution in [0.4, 0.5) is 0 Å². The van der Waals surface area contributed by atoms with Gasteiger partial charge >= 0.3 is 0 Å². The summed E-state index contributed by atoms with van der Waals surface area (Å²) in [6.45, 7) is 2.46. The van der Waals surface area contributed by atoms with E-state index in [1.54, 1.807) is 14.2 Å². The van der Waals surface area contributed by atoms with Crippen molar-refractivity contribution in [2.75, 3.05) is 14.2 Å². The van der Waals surface area contributed by atoms with Gasteiger partial charge in [0.2, 0.25) is 0 Å². The Morgan fingerprint density at radius 1 is 0.950 bits per heavy atom. The Kier molecular flexibility index (Phi) is 4.90. The summed E-state index contributed by atoms with van der Waals surface area (Å²) in [5, 5.41) is 0. The van der Waals surface area contributed by atoms with E-state index in [1.807, 2.05) is 43.3 Å². The van der Waals surface area contributed by atoms with Crippen LogP contribution in [0.5, 0.6) is 17.2 Å². The molecule has 4 heteroatoms. The Morgan fingerprint density at radius 3 is 2.45 bits per heavy atom. The molecule has 0 amide bonds. The van der Waals surface area contributed by atoms with Crippen LogP contribution in [0, 0.1) is 6.92 Å². The van der Waals surface area contributed by atoms with Gasteiger partial charge in [0, 0.05) is 10.0 Å². The molecule has 0 aromatic heterocycles. The van der Waals surface area contributed by atoms with Crippen molar-refractivity contribution in [3.05, 3.63) is 52.0 Å². The number of hydrogen-bond acceptors (Lipinski definition) is 3. The van der Waals surface area contributed by atoms with Crippen molar-refractivity contribution in [2.24, 2.45) is 0 Å². The zero-order valence-corrected chi connectivity index (χ0v) is 13.4. The van der Waals surface area contributed by atoms with Crippen LogP contribution >= 0.6 is 15.9 Å². The molecule has 0 atom stereocenters. The molecule has 0 aliphatic rings. The van der Waals surface area contributed by atoms with Crippen LogP contribution in [-0.2, 0) is 6.61 Å². The lowest BCUT2D eigenvalue weighted by atomic mass is 10.2. The number of aryl methyl sites for hydroxylation is 1. The van der Waals surface area contributed by atoms with Crippen molar-refractivity contribution in [1.82, 2.24) is 0 Å². The zero-order valence-electron chi connectivity index (χ0n) is 11.8.